The molecule has 2 atom stereocenters. The van der Waals surface area contributed by atoms with E-state index in [1.807, 2.05) is 66.5 Å². The maximum absolute atomic E-state index is 13.4. The van der Waals surface area contributed by atoms with Gasteiger partial charge in [0, 0.05) is 30.5 Å². The summed E-state index contributed by atoms with van der Waals surface area (Å²) >= 11 is 1.56. The molecular weight excluding hydrogens is 395 g/mol. The molecule has 0 spiro atoms. The highest BCUT2D eigenvalue weighted by Crippen LogP contribution is 2.28. The van der Waals surface area contributed by atoms with Gasteiger partial charge in [-0.2, -0.15) is 0 Å². The van der Waals surface area contributed by atoms with Gasteiger partial charge in [0.25, 0.3) is 0 Å². The Bertz CT molecular complexity index is 697. The van der Waals surface area contributed by atoms with Gasteiger partial charge in [-0.15, -0.1) is 0 Å². The molecule has 0 radical (unpaired) electrons. The minimum absolute atomic E-state index is 0.141. The quantitative estimate of drug-likeness (QED) is 0.507. The van der Waals surface area contributed by atoms with Gasteiger partial charge in [0.1, 0.15) is 11.9 Å². The second-order valence-corrected chi connectivity index (χ2v) is 8.72. The first-order valence-corrected chi connectivity index (χ1v) is 11.4. The summed E-state index contributed by atoms with van der Waals surface area (Å²) in [4.78, 5) is 3.12. The number of phenolic OH excluding ortho intramolecular Hbond substituents is 1. The number of hydrogen-bond acceptors (Lipinski definition) is 4. The van der Waals surface area contributed by atoms with Crippen LogP contribution in [-0.4, -0.2) is 42.4 Å². The Balaban J connectivity index is 0.000000590. The van der Waals surface area contributed by atoms with Crippen molar-refractivity contribution >= 4 is 11.8 Å². The maximum atomic E-state index is 13.4. The van der Waals surface area contributed by atoms with Gasteiger partial charge in [0.2, 0.25) is 0 Å². The fourth-order valence-electron chi connectivity index (χ4n) is 3.15. The van der Waals surface area contributed by atoms with Crippen molar-refractivity contribution in [3.63, 3.8) is 0 Å². The van der Waals surface area contributed by atoms with E-state index in [-0.39, 0.29) is 6.04 Å². The molecule has 2 N–H and O–H groups in total. The van der Waals surface area contributed by atoms with Gasteiger partial charge in [0.05, 0.1) is 5.03 Å². The van der Waals surface area contributed by atoms with Gasteiger partial charge in [-0.3, -0.25) is 0 Å². The average molecular weight is 437 g/mol. The van der Waals surface area contributed by atoms with E-state index in [0.29, 0.717) is 18.7 Å². The molecule has 170 valence electrons. The number of likely N-dealkylation sites (tertiary alicyclic amines) is 1. The van der Waals surface area contributed by atoms with Crippen molar-refractivity contribution in [2.45, 2.75) is 67.1 Å². The van der Waals surface area contributed by atoms with Gasteiger partial charge >= 0.3 is 0 Å². The Kier molecular flexibility index (Phi) is 13.5. The lowest BCUT2D eigenvalue weighted by Gasteiger charge is -2.33. The molecule has 0 amide bonds. The molecule has 0 aromatic heterocycles. The summed E-state index contributed by atoms with van der Waals surface area (Å²) in [6.45, 7) is 23.2. The summed E-state index contributed by atoms with van der Waals surface area (Å²) in [7, 11) is 1.95. The zero-order chi connectivity index (χ0) is 23.4. The standard InChI is InChI=1S/C14H23FN2S.C9H12O.C2H6/c1-6-14(10(2)3)18-11(4)16-13-7-12(15)8-17(5)9-13;1-6-4-7(2)8(3)9(10)5-6;1-2/h6,12-13,16H,2,4,7-9H2,1,3,5H3;4-5,10H,1-3H3;1-2H3/b14-6+;;/t12?,13-;;/m1../s1. The molecule has 2 rings (SSSR count). The summed E-state index contributed by atoms with van der Waals surface area (Å²) in [6, 6.07) is 3.99. The fourth-order valence-corrected chi connectivity index (χ4v) is 3.93. The van der Waals surface area contributed by atoms with Crippen LogP contribution in [0.3, 0.4) is 0 Å². The van der Waals surface area contributed by atoms with Crippen LogP contribution in [-0.2, 0) is 0 Å². The first-order valence-electron chi connectivity index (χ1n) is 10.6. The number of alkyl halides is 1. The number of thioether (sulfide) groups is 1. The Morgan fingerprint density at radius 1 is 1.23 bits per heavy atom. The molecule has 0 aliphatic carbocycles. The van der Waals surface area contributed by atoms with Crippen LogP contribution >= 0.6 is 11.8 Å². The van der Waals surface area contributed by atoms with E-state index in [1.54, 1.807) is 17.8 Å². The Morgan fingerprint density at radius 2 is 1.83 bits per heavy atom. The van der Waals surface area contributed by atoms with Crippen LogP contribution in [0.2, 0.25) is 0 Å². The number of nitrogens with zero attached hydrogens (tertiary/aromatic N) is 1. The third-order valence-electron chi connectivity index (χ3n) is 4.65. The largest absolute Gasteiger partial charge is 0.508 e. The van der Waals surface area contributed by atoms with Crippen molar-refractivity contribution in [2.24, 2.45) is 0 Å². The van der Waals surface area contributed by atoms with E-state index in [4.69, 9.17) is 0 Å². The zero-order valence-electron chi connectivity index (χ0n) is 20.1. The first-order chi connectivity index (χ1) is 14.0. The summed E-state index contributed by atoms with van der Waals surface area (Å²) in [5.41, 5.74) is 4.26. The maximum Gasteiger partial charge on any atom is 0.119 e. The number of phenols is 1. The SMILES string of the molecule is C=C(N[C@@H]1CC(F)CN(C)C1)S/C(=C/C)C(=C)C.CC.Cc1cc(C)c(C)c(O)c1. The lowest BCUT2D eigenvalue weighted by atomic mass is 10.1. The normalized spacial score (nSPS) is 19.0. The van der Waals surface area contributed by atoms with Crippen LogP contribution in [0, 0.1) is 20.8 Å². The molecule has 1 fully saturated rings. The van der Waals surface area contributed by atoms with Crippen molar-refractivity contribution in [1.82, 2.24) is 10.2 Å². The van der Waals surface area contributed by atoms with Gasteiger partial charge in [0.15, 0.2) is 0 Å². The molecule has 1 saturated heterocycles. The summed E-state index contributed by atoms with van der Waals surface area (Å²) in [5.74, 6) is 0.400. The van der Waals surface area contributed by atoms with Crippen LogP contribution in [0.25, 0.3) is 0 Å². The topological polar surface area (TPSA) is 35.5 Å². The van der Waals surface area contributed by atoms with Crippen molar-refractivity contribution in [1.29, 1.82) is 0 Å². The minimum Gasteiger partial charge on any atom is -0.508 e. The number of rotatable bonds is 5. The van der Waals surface area contributed by atoms with E-state index in [1.165, 1.54) is 0 Å². The van der Waals surface area contributed by atoms with Gasteiger partial charge in [-0.25, -0.2) is 4.39 Å². The number of halogens is 1. The van der Waals surface area contributed by atoms with Crippen molar-refractivity contribution in [3.8, 4) is 5.75 Å². The minimum atomic E-state index is -0.749. The molecule has 0 saturated carbocycles. The van der Waals surface area contributed by atoms with E-state index in [2.05, 4.69) is 24.5 Å². The fraction of sp³-hybridized carbons (Fsp3) is 0.520. The summed E-state index contributed by atoms with van der Waals surface area (Å²) in [5, 5.41) is 13.4. The number of allylic oxidation sites excluding steroid dienone is 2. The lowest BCUT2D eigenvalue weighted by Crippen LogP contribution is -2.47. The number of benzene rings is 1. The highest BCUT2D eigenvalue weighted by atomic mass is 32.2. The highest BCUT2D eigenvalue weighted by Gasteiger charge is 2.25. The third-order valence-corrected chi connectivity index (χ3v) is 5.82. The van der Waals surface area contributed by atoms with E-state index in [9.17, 15) is 9.50 Å². The van der Waals surface area contributed by atoms with Gasteiger partial charge in [-0.1, -0.05) is 50.9 Å². The highest BCUT2D eigenvalue weighted by molar-refractivity contribution is 8.06. The number of aryl methyl sites for hydroxylation is 2. The van der Waals surface area contributed by atoms with E-state index >= 15 is 0 Å². The van der Waals surface area contributed by atoms with Crippen molar-refractivity contribution in [2.75, 3.05) is 20.1 Å². The monoisotopic (exact) mass is 436 g/mol. The Hall–Kier alpha value is -1.72. The Labute approximate surface area is 188 Å². The molecule has 1 unspecified atom stereocenters. The number of likely N-dealkylation sites (N-methyl/N-ethyl adjacent to an activating group) is 1. The van der Waals surface area contributed by atoms with Crippen LogP contribution < -0.4 is 5.32 Å². The third kappa shape index (κ3) is 10.4. The summed E-state index contributed by atoms with van der Waals surface area (Å²) in [6.07, 6.45) is 1.83. The molecule has 3 nitrogen and oxygen atoms in total. The number of nitrogens with one attached hydrogen (secondary N) is 1. The van der Waals surface area contributed by atoms with Gasteiger partial charge < -0.3 is 15.3 Å². The predicted molar refractivity (Wildman–Crippen MR) is 133 cm³/mol. The smallest absolute Gasteiger partial charge is 0.119 e. The average Bonchev–Trinajstić information content (AvgIpc) is 2.65. The number of aromatic hydroxyl groups is 1. The predicted octanol–water partition coefficient (Wildman–Crippen LogP) is 6.65. The molecular formula is C25H41FN2OS. The van der Waals surface area contributed by atoms with Crippen LogP contribution in [0.1, 0.15) is 50.8 Å². The Morgan fingerprint density at radius 3 is 2.30 bits per heavy atom. The van der Waals surface area contributed by atoms with E-state index in [0.717, 1.165) is 38.7 Å². The van der Waals surface area contributed by atoms with E-state index < -0.39 is 6.17 Å². The van der Waals surface area contributed by atoms with Crippen molar-refractivity contribution < 1.29 is 9.50 Å². The molecule has 0 bridgehead atoms. The molecule has 1 aliphatic heterocycles. The molecule has 1 heterocycles. The molecule has 5 heteroatoms. The zero-order valence-corrected chi connectivity index (χ0v) is 20.9. The van der Waals surface area contributed by atoms with Crippen LogP contribution in [0.4, 0.5) is 4.39 Å². The lowest BCUT2D eigenvalue weighted by molar-refractivity contribution is 0.138. The molecule has 1 aromatic carbocycles. The van der Waals surface area contributed by atoms with Gasteiger partial charge in [-0.05, 0) is 70.0 Å². The second kappa shape index (κ2) is 14.3. The molecule has 1 aliphatic rings. The van der Waals surface area contributed by atoms with Crippen LogP contribution in [0.5, 0.6) is 5.75 Å². The second-order valence-electron chi connectivity index (χ2n) is 7.58. The van der Waals surface area contributed by atoms with Crippen molar-refractivity contribution in [3.05, 3.63) is 63.6 Å². The number of hydrogen-bond donors (Lipinski definition) is 2. The summed E-state index contributed by atoms with van der Waals surface area (Å²) < 4.78 is 13.4. The number of piperidine rings is 1. The molecule has 1 aromatic rings. The van der Waals surface area contributed by atoms with Crippen LogP contribution in [0.15, 0.2) is 46.9 Å². The first kappa shape index (κ1) is 28.3. The molecule has 30 heavy (non-hydrogen) atoms.